The van der Waals surface area contributed by atoms with Crippen molar-refractivity contribution in [2.45, 2.75) is 13.0 Å². The zero-order valence-electron chi connectivity index (χ0n) is 11.1. The summed E-state index contributed by atoms with van der Waals surface area (Å²) in [5.41, 5.74) is 7.16. The molecule has 5 nitrogen and oxygen atoms in total. The van der Waals surface area contributed by atoms with Crippen molar-refractivity contribution in [2.75, 3.05) is 38.2 Å². The Morgan fingerprint density at radius 3 is 2.84 bits per heavy atom. The van der Waals surface area contributed by atoms with Crippen LogP contribution in [0.5, 0.6) is 0 Å². The molecule has 0 aromatic carbocycles. The van der Waals surface area contributed by atoms with Gasteiger partial charge < -0.3 is 15.8 Å². The summed E-state index contributed by atoms with van der Waals surface area (Å²) in [4.78, 5) is 6.94. The second-order valence-corrected chi connectivity index (χ2v) is 5.19. The monoisotopic (exact) mass is 280 g/mol. The van der Waals surface area contributed by atoms with E-state index < -0.39 is 0 Å². The third-order valence-corrected chi connectivity index (χ3v) is 3.27. The first kappa shape index (κ1) is 14.2. The van der Waals surface area contributed by atoms with Gasteiger partial charge in [0, 0.05) is 25.7 Å². The van der Waals surface area contributed by atoms with Crippen LogP contribution in [0.3, 0.4) is 0 Å². The van der Waals surface area contributed by atoms with Gasteiger partial charge in [-0.15, -0.1) is 0 Å². The zero-order valence-corrected chi connectivity index (χ0v) is 11.9. The topological polar surface area (TPSA) is 63.4 Å². The number of hydrogen-bond donors (Lipinski definition) is 2. The lowest BCUT2D eigenvalue weighted by molar-refractivity contribution is 0.0368. The first-order valence-electron chi connectivity index (χ1n) is 6.47. The van der Waals surface area contributed by atoms with Crippen molar-refractivity contribution < 1.29 is 4.74 Å². The second-order valence-electron chi connectivity index (χ2n) is 4.75. The summed E-state index contributed by atoms with van der Waals surface area (Å²) in [5, 5.41) is 3.43. The van der Waals surface area contributed by atoms with Crippen molar-refractivity contribution >= 4 is 22.9 Å². The van der Waals surface area contributed by atoms with Crippen molar-refractivity contribution in [1.29, 1.82) is 0 Å². The van der Waals surface area contributed by atoms with Gasteiger partial charge in [-0.2, -0.15) is 0 Å². The number of nitrogens with two attached hydrogens (primary N) is 1. The quantitative estimate of drug-likeness (QED) is 0.780. The fraction of sp³-hybridized carbons (Fsp3) is 0.538. The Bertz CT molecular complexity index is 417. The Morgan fingerprint density at radius 2 is 2.26 bits per heavy atom. The summed E-state index contributed by atoms with van der Waals surface area (Å²) >= 11 is 4.88. The molecule has 0 radical (unpaired) electrons. The lowest BCUT2D eigenvalue weighted by Crippen LogP contribution is -2.42. The van der Waals surface area contributed by atoms with Gasteiger partial charge in [-0.3, -0.25) is 9.88 Å². The molecule has 0 spiro atoms. The lowest BCUT2D eigenvalue weighted by atomic mass is 10.2. The Balaban J connectivity index is 1.83. The van der Waals surface area contributed by atoms with Gasteiger partial charge in [0.25, 0.3) is 0 Å². The third kappa shape index (κ3) is 4.41. The van der Waals surface area contributed by atoms with E-state index in [-0.39, 0.29) is 0 Å². The first-order chi connectivity index (χ1) is 9.15. The molecule has 1 aliphatic rings. The van der Waals surface area contributed by atoms with Gasteiger partial charge in [-0.25, -0.2) is 0 Å². The molecule has 0 aliphatic carbocycles. The van der Waals surface area contributed by atoms with Crippen LogP contribution < -0.4 is 11.1 Å². The van der Waals surface area contributed by atoms with E-state index in [0.29, 0.717) is 16.7 Å². The number of ether oxygens (including phenoxy) is 1. The molecule has 0 amide bonds. The highest BCUT2D eigenvalue weighted by atomic mass is 32.1. The van der Waals surface area contributed by atoms with Gasteiger partial charge in [-0.05, 0) is 19.1 Å². The van der Waals surface area contributed by atoms with Crippen LogP contribution in [0.4, 0.5) is 5.69 Å². The molecule has 1 atom stereocenters. The molecule has 2 heterocycles. The predicted octanol–water partition coefficient (Wildman–Crippen LogP) is 0.848. The number of aromatic nitrogens is 1. The number of anilines is 1. The molecule has 1 aromatic heterocycles. The van der Waals surface area contributed by atoms with Crippen LogP contribution >= 0.6 is 12.2 Å². The summed E-state index contributed by atoms with van der Waals surface area (Å²) in [6.45, 7) is 6.83. The molecule has 1 fully saturated rings. The summed E-state index contributed by atoms with van der Waals surface area (Å²) in [5.74, 6) is 0. The van der Waals surface area contributed by atoms with Gasteiger partial charge in [0.15, 0.2) is 0 Å². The maximum atomic E-state index is 5.52. The van der Waals surface area contributed by atoms with Gasteiger partial charge in [0.2, 0.25) is 0 Å². The van der Waals surface area contributed by atoms with Crippen LogP contribution in [-0.4, -0.2) is 53.8 Å². The molecule has 3 N–H and O–H groups in total. The molecular formula is C13H20N4OS. The third-order valence-electron chi connectivity index (χ3n) is 3.06. The van der Waals surface area contributed by atoms with E-state index in [4.69, 9.17) is 22.7 Å². The highest BCUT2D eigenvalue weighted by Crippen LogP contribution is 2.09. The highest BCUT2D eigenvalue weighted by molar-refractivity contribution is 7.80. The average Bonchev–Trinajstić information content (AvgIpc) is 2.40. The predicted molar refractivity (Wildman–Crippen MR) is 80.5 cm³/mol. The van der Waals surface area contributed by atoms with E-state index in [0.717, 1.165) is 38.5 Å². The van der Waals surface area contributed by atoms with Gasteiger partial charge in [-0.1, -0.05) is 12.2 Å². The number of morpholine rings is 1. The highest BCUT2D eigenvalue weighted by Gasteiger charge is 2.13. The van der Waals surface area contributed by atoms with Crippen LogP contribution in [0.25, 0.3) is 0 Å². The Labute approximate surface area is 119 Å². The zero-order chi connectivity index (χ0) is 13.7. The van der Waals surface area contributed by atoms with E-state index in [1.165, 1.54) is 0 Å². The number of nitrogens with one attached hydrogen (secondary N) is 1. The van der Waals surface area contributed by atoms with Crippen LogP contribution in [0.1, 0.15) is 12.6 Å². The Hall–Kier alpha value is -1.24. The van der Waals surface area contributed by atoms with E-state index in [9.17, 15) is 0 Å². The molecule has 2 rings (SSSR count). The number of nitrogens with zero attached hydrogens (tertiary/aromatic N) is 2. The smallest absolute Gasteiger partial charge is 0.122 e. The average molecular weight is 280 g/mol. The maximum Gasteiger partial charge on any atom is 0.122 e. The summed E-state index contributed by atoms with van der Waals surface area (Å²) < 4.78 is 5.34. The molecule has 1 saturated heterocycles. The number of hydrogen-bond acceptors (Lipinski definition) is 5. The molecule has 1 aliphatic heterocycles. The molecule has 0 saturated carbocycles. The van der Waals surface area contributed by atoms with Gasteiger partial charge in [0.05, 0.1) is 30.8 Å². The standard InChI is InChI=1S/C13H20N4OS/c1-10(9-17-4-6-18-7-5-17)16-11-2-3-12(13(14)19)15-8-11/h2-3,8,10,16H,4-7,9H2,1H3,(H2,14,19). The SMILES string of the molecule is CC(CN1CCOCC1)Nc1ccc(C(N)=S)nc1. The fourth-order valence-corrected chi connectivity index (χ4v) is 2.25. The fourth-order valence-electron chi connectivity index (χ4n) is 2.13. The van der Waals surface area contributed by atoms with Crippen LogP contribution in [0.15, 0.2) is 18.3 Å². The maximum absolute atomic E-state index is 5.52. The lowest BCUT2D eigenvalue weighted by Gasteiger charge is -2.29. The van der Waals surface area contributed by atoms with E-state index >= 15 is 0 Å². The summed E-state index contributed by atoms with van der Waals surface area (Å²) in [6, 6.07) is 4.15. The Morgan fingerprint density at radius 1 is 1.53 bits per heavy atom. The molecule has 19 heavy (non-hydrogen) atoms. The molecule has 0 bridgehead atoms. The first-order valence-corrected chi connectivity index (χ1v) is 6.88. The minimum atomic E-state index is 0.327. The minimum Gasteiger partial charge on any atom is -0.388 e. The largest absolute Gasteiger partial charge is 0.388 e. The van der Waals surface area contributed by atoms with Crippen molar-refractivity contribution in [3.63, 3.8) is 0 Å². The van der Waals surface area contributed by atoms with Gasteiger partial charge >= 0.3 is 0 Å². The molecule has 1 aromatic rings. The normalized spacial score (nSPS) is 17.9. The molecule has 104 valence electrons. The van der Waals surface area contributed by atoms with Crippen molar-refractivity contribution in [3.8, 4) is 0 Å². The number of thiocarbonyl (C=S) groups is 1. The summed E-state index contributed by atoms with van der Waals surface area (Å²) in [7, 11) is 0. The minimum absolute atomic E-state index is 0.327. The number of rotatable bonds is 5. The van der Waals surface area contributed by atoms with Crippen molar-refractivity contribution in [1.82, 2.24) is 9.88 Å². The molecular weight excluding hydrogens is 260 g/mol. The van der Waals surface area contributed by atoms with Crippen LogP contribution in [0, 0.1) is 0 Å². The molecule has 6 heteroatoms. The van der Waals surface area contributed by atoms with Crippen LogP contribution in [-0.2, 0) is 4.74 Å². The van der Waals surface area contributed by atoms with Crippen molar-refractivity contribution in [2.24, 2.45) is 5.73 Å². The summed E-state index contributed by atoms with van der Waals surface area (Å²) in [6.07, 6.45) is 1.77. The van der Waals surface area contributed by atoms with Crippen LogP contribution in [0.2, 0.25) is 0 Å². The van der Waals surface area contributed by atoms with Gasteiger partial charge in [0.1, 0.15) is 4.99 Å². The van der Waals surface area contributed by atoms with E-state index in [2.05, 4.69) is 22.1 Å². The van der Waals surface area contributed by atoms with E-state index in [1.54, 1.807) is 6.20 Å². The Kier molecular flexibility index (Phi) is 5.07. The second kappa shape index (κ2) is 6.79. The molecule has 1 unspecified atom stereocenters. The van der Waals surface area contributed by atoms with Crippen molar-refractivity contribution in [3.05, 3.63) is 24.0 Å². The number of pyridine rings is 1. The van der Waals surface area contributed by atoms with E-state index in [1.807, 2.05) is 12.1 Å².